The summed E-state index contributed by atoms with van der Waals surface area (Å²) in [5, 5.41) is 18.1. The van der Waals surface area contributed by atoms with Crippen molar-refractivity contribution in [3.63, 3.8) is 0 Å². The lowest BCUT2D eigenvalue weighted by Crippen LogP contribution is -2.06. The summed E-state index contributed by atoms with van der Waals surface area (Å²) in [5.74, 6) is 2.03. The van der Waals surface area contributed by atoms with Gasteiger partial charge in [0.1, 0.15) is 29.3 Å². The van der Waals surface area contributed by atoms with Gasteiger partial charge in [-0.3, -0.25) is 10.1 Å². The maximum atomic E-state index is 12.0. The number of ether oxygens (including phenoxy) is 3. The number of para-hydroxylation sites is 1. The summed E-state index contributed by atoms with van der Waals surface area (Å²) in [7, 11) is 2.93. The fourth-order valence-corrected chi connectivity index (χ4v) is 3.43. The average molecular weight is 494 g/mol. The van der Waals surface area contributed by atoms with Gasteiger partial charge in [-0.15, -0.1) is 0 Å². The fourth-order valence-electron chi connectivity index (χ4n) is 3.19. The van der Waals surface area contributed by atoms with Gasteiger partial charge in [0.15, 0.2) is 0 Å². The average Bonchev–Trinajstić information content (AvgIpc) is 2.86. The van der Waals surface area contributed by atoms with E-state index in [0.717, 1.165) is 0 Å². The van der Waals surface area contributed by atoms with Crippen molar-refractivity contribution >= 4 is 40.3 Å². The molecule has 0 aliphatic rings. The Morgan fingerprint density at radius 3 is 2.11 bits per heavy atom. The van der Waals surface area contributed by atoms with Gasteiger partial charge in [-0.1, -0.05) is 29.8 Å². The molecular weight excluding hydrogens is 474 g/mol. The van der Waals surface area contributed by atoms with E-state index in [1.807, 2.05) is 30.3 Å². The van der Waals surface area contributed by atoms with Crippen molar-refractivity contribution in [1.29, 1.82) is 0 Å². The Labute approximate surface area is 205 Å². The van der Waals surface area contributed by atoms with E-state index in [1.54, 1.807) is 30.3 Å². The quantitative estimate of drug-likeness (QED) is 0.203. The van der Waals surface area contributed by atoms with Gasteiger partial charge in [-0.2, -0.15) is 0 Å². The molecule has 1 aromatic heterocycles. The van der Waals surface area contributed by atoms with E-state index in [-0.39, 0.29) is 17.3 Å². The van der Waals surface area contributed by atoms with Crippen molar-refractivity contribution in [3.05, 3.63) is 88.2 Å². The maximum absolute atomic E-state index is 12.0. The number of anilines is 4. The lowest BCUT2D eigenvalue weighted by Gasteiger charge is -2.14. The Morgan fingerprint density at radius 1 is 0.857 bits per heavy atom. The first kappa shape index (κ1) is 23.6. The second-order valence-electron chi connectivity index (χ2n) is 7.05. The van der Waals surface area contributed by atoms with Crippen molar-refractivity contribution < 1.29 is 19.1 Å². The third-order valence-corrected chi connectivity index (χ3v) is 5.12. The van der Waals surface area contributed by atoms with Gasteiger partial charge in [-0.25, -0.2) is 9.97 Å². The Hall–Kier alpha value is -4.57. The lowest BCUT2D eigenvalue weighted by molar-refractivity contribution is -0.383. The largest absolute Gasteiger partial charge is 0.495 e. The molecule has 1 heterocycles. The van der Waals surface area contributed by atoms with Crippen LogP contribution in [-0.2, 0) is 0 Å². The molecule has 0 bridgehead atoms. The fraction of sp³-hybridized carbons (Fsp3) is 0.0833. The van der Waals surface area contributed by atoms with Crippen LogP contribution in [-0.4, -0.2) is 29.1 Å². The summed E-state index contributed by atoms with van der Waals surface area (Å²) >= 11 is 6.22. The van der Waals surface area contributed by atoms with Crippen LogP contribution in [0.25, 0.3) is 0 Å². The summed E-state index contributed by atoms with van der Waals surface area (Å²) in [6, 6.07) is 19.4. The molecule has 4 aromatic rings. The Kier molecular flexibility index (Phi) is 7.12. The second-order valence-corrected chi connectivity index (χ2v) is 7.46. The highest BCUT2D eigenvalue weighted by Crippen LogP contribution is 2.40. The summed E-state index contributed by atoms with van der Waals surface area (Å²) in [6.07, 6.45) is 1.21. The molecule has 10 nitrogen and oxygen atoms in total. The molecule has 0 radical (unpaired) electrons. The predicted octanol–water partition coefficient (Wildman–Crippen LogP) is 6.33. The van der Waals surface area contributed by atoms with E-state index in [1.165, 1.54) is 26.6 Å². The van der Waals surface area contributed by atoms with E-state index in [2.05, 4.69) is 20.6 Å². The number of aromatic nitrogens is 2. The van der Waals surface area contributed by atoms with Crippen LogP contribution in [0.5, 0.6) is 23.0 Å². The highest BCUT2D eigenvalue weighted by atomic mass is 35.5. The molecule has 0 saturated carbocycles. The van der Waals surface area contributed by atoms with Crippen LogP contribution in [0.15, 0.2) is 73.1 Å². The minimum atomic E-state index is -0.574. The monoisotopic (exact) mass is 493 g/mol. The lowest BCUT2D eigenvalue weighted by atomic mass is 10.2. The molecule has 4 rings (SSSR count). The van der Waals surface area contributed by atoms with E-state index in [9.17, 15) is 10.1 Å². The number of hydrogen-bond acceptors (Lipinski definition) is 9. The first-order valence-electron chi connectivity index (χ1n) is 10.3. The SMILES string of the molecule is COc1cc(OC)c(Nc2ncnc(Nc3ccc(Oc4ccccc4)cc3)c2[N+](=O)[O-])cc1Cl. The van der Waals surface area contributed by atoms with E-state index in [0.29, 0.717) is 39.4 Å². The van der Waals surface area contributed by atoms with Crippen molar-refractivity contribution in [2.24, 2.45) is 0 Å². The van der Waals surface area contributed by atoms with Gasteiger partial charge < -0.3 is 24.8 Å². The number of nitrogens with zero attached hydrogens (tertiary/aromatic N) is 3. The number of hydrogen-bond donors (Lipinski definition) is 2. The summed E-state index contributed by atoms with van der Waals surface area (Å²) in [5.41, 5.74) is 0.586. The minimum Gasteiger partial charge on any atom is -0.495 e. The third-order valence-electron chi connectivity index (χ3n) is 4.83. The molecule has 0 spiro atoms. The van der Waals surface area contributed by atoms with Gasteiger partial charge in [0, 0.05) is 11.8 Å². The predicted molar refractivity (Wildman–Crippen MR) is 133 cm³/mol. The van der Waals surface area contributed by atoms with E-state index >= 15 is 0 Å². The molecule has 0 fully saturated rings. The highest BCUT2D eigenvalue weighted by molar-refractivity contribution is 6.32. The smallest absolute Gasteiger partial charge is 0.353 e. The molecule has 178 valence electrons. The zero-order chi connectivity index (χ0) is 24.8. The molecule has 0 aliphatic carbocycles. The van der Waals surface area contributed by atoms with E-state index < -0.39 is 4.92 Å². The van der Waals surface area contributed by atoms with Gasteiger partial charge in [0.05, 0.1) is 29.9 Å². The van der Waals surface area contributed by atoms with Crippen LogP contribution in [0.1, 0.15) is 0 Å². The van der Waals surface area contributed by atoms with Crippen molar-refractivity contribution in [2.75, 3.05) is 24.9 Å². The molecule has 0 unspecified atom stereocenters. The van der Waals surface area contributed by atoms with Crippen LogP contribution < -0.4 is 24.8 Å². The number of nitro groups is 1. The molecule has 0 aliphatic heterocycles. The molecular formula is C24H20ClN5O5. The Bertz CT molecular complexity index is 1340. The minimum absolute atomic E-state index is 0.00260. The summed E-state index contributed by atoms with van der Waals surface area (Å²) < 4.78 is 16.3. The van der Waals surface area contributed by atoms with Crippen LogP contribution in [0.2, 0.25) is 5.02 Å². The highest BCUT2D eigenvalue weighted by Gasteiger charge is 2.24. The van der Waals surface area contributed by atoms with Crippen LogP contribution in [0.3, 0.4) is 0 Å². The topological polar surface area (TPSA) is 121 Å². The zero-order valence-electron chi connectivity index (χ0n) is 18.7. The molecule has 2 N–H and O–H groups in total. The van der Waals surface area contributed by atoms with Crippen LogP contribution >= 0.6 is 11.6 Å². The first-order chi connectivity index (χ1) is 17.0. The van der Waals surface area contributed by atoms with Crippen LogP contribution in [0, 0.1) is 10.1 Å². The van der Waals surface area contributed by atoms with E-state index in [4.69, 9.17) is 25.8 Å². The molecule has 3 aromatic carbocycles. The van der Waals surface area contributed by atoms with Gasteiger partial charge in [0.2, 0.25) is 11.6 Å². The van der Waals surface area contributed by atoms with Crippen molar-refractivity contribution in [2.45, 2.75) is 0 Å². The van der Waals surface area contributed by atoms with Crippen LogP contribution in [0.4, 0.5) is 28.7 Å². The Morgan fingerprint density at radius 2 is 1.49 bits per heavy atom. The molecule has 0 atom stereocenters. The summed E-state index contributed by atoms with van der Waals surface area (Å²) in [4.78, 5) is 19.5. The molecule has 0 amide bonds. The number of benzene rings is 3. The number of rotatable bonds is 9. The van der Waals surface area contributed by atoms with Crippen molar-refractivity contribution in [1.82, 2.24) is 9.97 Å². The van der Waals surface area contributed by atoms with Gasteiger partial charge in [0.25, 0.3) is 0 Å². The number of methoxy groups -OCH3 is 2. The maximum Gasteiger partial charge on any atom is 0.353 e. The van der Waals surface area contributed by atoms with Gasteiger partial charge >= 0.3 is 5.69 Å². The Balaban J connectivity index is 1.60. The van der Waals surface area contributed by atoms with Gasteiger partial charge in [-0.05, 0) is 42.5 Å². The zero-order valence-corrected chi connectivity index (χ0v) is 19.4. The number of halogens is 1. The summed E-state index contributed by atoms with van der Waals surface area (Å²) in [6.45, 7) is 0. The van der Waals surface area contributed by atoms with Crippen molar-refractivity contribution in [3.8, 4) is 23.0 Å². The molecule has 11 heteroatoms. The molecule has 0 saturated heterocycles. The standard InChI is InChI=1S/C24H20ClN5O5/c1-33-20-13-21(34-2)19(12-18(20)25)29-24-22(30(31)32)23(26-14-27-24)28-15-8-10-17(11-9-15)35-16-6-4-3-5-7-16/h3-14H,1-2H3,(H2,26,27,28,29). The third kappa shape index (κ3) is 5.50. The molecule has 35 heavy (non-hydrogen) atoms. The first-order valence-corrected chi connectivity index (χ1v) is 10.6. The number of nitrogens with one attached hydrogen (secondary N) is 2. The second kappa shape index (κ2) is 10.6. The normalized spacial score (nSPS) is 10.4.